The molecule has 0 atom stereocenters. The predicted octanol–water partition coefficient (Wildman–Crippen LogP) is 0.559. The number of likely N-dealkylation sites (N-methyl/N-ethyl adjacent to an activating group) is 1. The van der Waals surface area contributed by atoms with Crippen molar-refractivity contribution < 1.29 is 14.4 Å². The molecule has 2 rings (SSSR count). The number of anilines is 1. The Morgan fingerprint density at radius 3 is 2.35 bits per heavy atom. The number of carbonyl (C=O) groups excluding carboxylic acids is 3. The zero-order valence-corrected chi connectivity index (χ0v) is 11.5. The molecule has 0 aliphatic carbocycles. The molecule has 1 fully saturated rings. The molecule has 1 N–H and O–H groups in total. The molecular formula is C14H17N3O3. The predicted molar refractivity (Wildman–Crippen MR) is 74.3 cm³/mol. The quantitative estimate of drug-likeness (QED) is 0.857. The Balaban J connectivity index is 2.06. The van der Waals surface area contributed by atoms with Crippen molar-refractivity contribution in [1.29, 1.82) is 0 Å². The van der Waals surface area contributed by atoms with Gasteiger partial charge in [0.25, 0.3) is 5.91 Å². The van der Waals surface area contributed by atoms with Gasteiger partial charge in [0, 0.05) is 38.3 Å². The molecule has 1 aromatic carbocycles. The van der Waals surface area contributed by atoms with Gasteiger partial charge >= 0.3 is 0 Å². The molecule has 0 saturated carbocycles. The molecule has 0 spiro atoms. The summed E-state index contributed by atoms with van der Waals surface area (Å²) in [5.74, 6) is -0.381. The summed E-state index contributed by atoms with van der Waals surface area (Å²) in [6, 6.07) is 6.64. The molecule has 1 aliphatic heterocycles. The van der Waals surface area contributed by atoms with E-state index in [1.807, 2.05) is 0 Å². The first-order valence-corrected chi connectivity index (χ1v) is 6.38. The molecule has 1 saturated heterocycles. The third-order valence-electron chi connectivity index (χ3n) is 3.20. The number of piperazine rings is 1. The van der Waals surface area contributed by atoms with Crippen LogP contribution in [-0.2, 0) is 9.59 Å². The summed E-state index contributed by atoms with van der Waals surface area (Å²) in [4.78, 5) is 37.9. The van der Waals surface area contributed by atoms with Crippen molar-refractivity contribution in [3.63, 3.8) is 0 Å². The number of nitrogens with one attached hydrogen (secondary N) is 1. The lowest BCUT2D eigenvalue weighted by molar-refractivity contribution is -0.133. The Bertz CT molecular complexity index is 539. The van der Waals surface area contributed by atoms with Gasteiger partial charge < -0.3 is 15.1 Å². The van der Waals surface area contributed by atoms with Gasteiger partial charge in [-0.15, -0.1) is 0 Å². The van der Waals surface area contributed by atoms with Crippen LogP contribution in [0.25, 0.3) is 0 Å². The highest BCUT2D eigenvalue weighted by atomic mass is 16.2. The Morgan fingerprint density at radius 2 is 1.80 bits per heavy atom. The molecule has 20 heavy (non-hydrogen) atoms. The van der Waals surface area contributed by atoms with E-state index < -0.39 is 0 Å². The van der Waals surface area contributed by atoms with Crippen LogP contribution in [0.1, 0.15) is 17.3 Å². The van der Waals surface area contributed by atoms with Gasteiger partial charge in [-0.3, -0.25) is 14.4 Å². The van der Waals surface area contributed by atoms with Gasteiger partial charge in [-0.05, 0) is 24.3 Å². The summed E-state index contributed by atoms with van der Waals surface area (Å²) in [5, 5.41) is 2.64. The molecule has 3 amide bonds. The Kier molecular flexibility index (Phi) is 4.02. The monoisotopic (exact) mass is 275 g/mol. The summed E-state index contributed by atoms with van der Waals surface area (Å²) < 4.78 is 0. The lowest BCUT2D eigenvalue weighted by Crippen LogP contribution is -2.50. The van der Waals surface area contributed by atoms with Gasteiger partial charge in [0.15, 0.2) is 0 Å². The lowest BCUT2D eigenvalue weighted by Gasteiger charge is -2.32. The summed E-state index contributed by atoms with van der Waals surface area (Å²) in [6.45, 7) is 2.63. The number of amides is 3. The summed E-state index contributed by atoms with van der Waals surface area (Å²) in [6.07, 6.45) is 0. The second-order valence-electron chi connectivity index (χ2n) is 4.80. The molecule has 0 bridgehead atoms. The molecule has 1 aliphatic rings. The van der Waals surface area contributed by atoms with Crippen LogP contribution >= 0.6 is 0 Å². The average molecular weight is 275 g/mol. The third kappa shape index (κ3) is 3.14. The van der Waals surface area contributed by atoms with Crippen molar-refractivity contribution in [2.24, 2.45) is 0 Å². The van der Waals surface area contributed by atoms with Gasteiger partial charge in [0.1, 0.15) is 6.54 Å². The van der Waals surface area contributed by atoms with Crippen molar-refractivity contribution in [3.8, 4) is 0 Å². The average Bonchev–Trinajstić information content (AvgIpc) is 2.41. The molecule has 0 radical (unpaired) electrons. The molecule has 1 heterocycles. The molecule has 1 aromatic rings. The number of nitrogens with zero attached hydrogens (tertiary/aromatic N) is 2. The van der Waals surface area contributed by atoms with Gasteiger partial charge in [0.2, 0.25) is 11.8 Å². The van der Waals surface area contributed by atoms with Gasteiger partial charge in [-0.1, -0.05) is 0 Å². The topological polar surface area (TPSA) is 69.7 Å². The van der Waals surface area contributed by atoms with Gasteiger partial charge in [-0.2, -0.15) is 0 Å². The maximum Gasteiger partial charge on any atom is 0.254 e. The van der Waals surface area contributed by atoms with E-state index in [0.717, 1.165) is 0 Å². The fourth-order valence-corrected chi connectivity index (χ4v) is 2.01. The minimum atomic E-state index is -0.166. The largest absolute Gasteiger partial charge is 0.342 e. The van der Waals surface area contributed by atoms with Crippen LogP contribution in [0.2, 0.25) is 0 Å². The molecular weight excluding hydrogens is 258 g/mol. The van der Waals surface area contributed by atoms with E-state index >= 15 is 0 Å². The highest BCUT2D eigenvalue weighted by Crippen LogP contribution is 2.13. The summed E-state index contributed by atoms with van der Waals surface area (Å²) in [7, 11) is 1.73. The summed E-state index contributed by atoms with van der Waals surface area (Å²) >= 11 is 0. The third-order valence-corrected chi connectivity index (χ3v) is 3.20. The standard InChI is InChI=1S/C14H17N3O3/c1-10(18)15-12-5-3-11(4-6-12)14(20)17-8-7-16(2)13(19)9-17/h3-6H,7-9H2,1-2H3,(H,15,18). The van der Waals surface area contributed by atoms with E-state index in [2.05, 4.69) is 5.32 Å². The van der Waals surface area contributed by atoms with Crippen LogP contribution in [-0.4, -0.2) is 54.2 Å². The second-order valence-corrected chi connectivity index (χ2v) is 4.80. The lowest BCUT2D eigenvalue weighted by atomic mass is 10.1. The molecule has 0 aromatic heterocycles. The highest BCUT2D eigenvalue weighted by Gasteiger charge is 2.25. The maximum atomic E-state index is 12.3. The number of rotatable bonds is 2. The number of hydrogen-bond acceptors (Lipinski definition) is 3. The highest BCUT2D eigenvalue weighted by molar-refractivity contribution is 5.97. The van der Waals surface area contributed by atoms with Crippen molar-refractivity contribution in [2.45, 2.75) is 6.92 Å². The number of hydrogen-bond donors (Lipinski definition) is 1. The second kappa shape index (κ2) is 5.73. The van der Waals surface area contributed by atoms with Crippen LogP contribution in [0, 0.1) is 0 Å². The smallest absolute Gasteiger partial charge is 0.254 e. The fourth-order valence-electron chi connectivity index (χ4n) is 2.01. The van der Waals surface area contributed by atoms with E-state index in [0.29, 0.717) is 24.3 Å². The minimum Gasteiger partial charge on any atom is -0.342 e. The first kappa shape index (κ1) is 14.0. The first-order chi connectivity index (χ1) is 9.47. The number of benzene rings is 1. The Hall–Kier alpha value is -2.37. The first-order valence-electron chi connectivity index (χ1n) is 6.38. The molecule has 6 heteroatoms. The van der Waals surface area contributed by atoms with Crippen LogP contribution < -0.4 is 5.32 Å². The fraction of sp³-hybridized carbons (Fsp3) is 0.357. The molecule has 0 unspecified atom stereocenters. The zero-order valence-electron chi connectivity index (χ0n) is 11.5. The van der Waals surface area contributed by atoms with E-state index in [1.165, 1.54) is 11.8 Å². The van der Waals surface area contributed by atoms with E-state index in [9.17, 15) is 14.4 Å². The van der Waals surface area contributed by atoms with Gasteiger partial charge in [0.05, 0.1) is 0 Å². The van der Waals surface area contributed by atoms with Crippen molar-refractivity contribution in [3.05, 3.63) is 29.8 Å². The van der Waals surface area contributed by atoms with Crippen molar-refractivity contribution >= 4 is 23.4 Å². The summed E-state index contributed by atoms with van der Waals surface area (Å²) in [5.41, 5.74) is 1.15. The van der Waals surface area contributed by atoms with E-state index in [1.54, 1.807) is 36.2 Å². The van der Waals surface area contributed by atoms with Crippen LogP contribution in [0.5, 0.6) is 0 Å². The Labute approximate surface area is 117 Å². The number of carbonyl (C=O) groups is 3. The Morgan fingerprint density at radius 1 is 1.15 bits per heavy atom. The van der Waals surface area contributed by atoms with Crippen LogP contribution in [0.15, 0.2) is 24.3 Å². The van der Waals surface area contributed by atoms with Crippen molar-refractivity contribution in [1.82, 2.24) is 9.80 Å². The minimum absolute atomic E-state index is 0.0560. The van der Waals surface area contributed by atoms with Crippen LogP contribution in [0.4, 0.5) is 5.69 Å². The van der Waals surface area contributed by atoms with Gasteiger partial charge in [-0.25, -0.2) is 0 Å². The van der Waals surface area contributed by atoms with Crippen LogP contribution in [0.3, 0.4) is 0 Å². The van der Waals surface area contributed by atoms with E-state index in [4.69, 9.17) is 0 Å². The van der Waals surface area contributed by atoms with Crippen molar-refractivity contribution in [2.75, 3.05) is 32.0 Å². The molecule has 106 valence electrons. The SMILES string of the molecule is CC(=O)Nc1ccc(C(=O)N2CCN(C)C(=O)C2)cc1. The zero-order chi connectivity index (χ0) is 14.7. The maximum absolute atomic E-state index is 12.3. The molecule has 6 nitrogen and oxygen atoms in total. The van der Waals surface area contributed by atoms with E-state index in [-0.39, 0.29) is 24.3 Å². The normalized spacial score (nSPS) is 15.2.